The number of nitro groups is 1. The quantitative estimate of drug-likeness (QED) is 0.333. The van der Waals surface area contributed by atoms with Crippen LogP contribution in [0.2, 0.25) is 0 Å². The van der Waals surface area contributed by atoms with Crippen LogP contribution < -0.4 is 10.6 Å². The normalized spacial score (nSPS) is 11.5. The molecule has 4 aromatic rings. The van der Waals surface area contributed by atoms with Crippen LogP contribution in [-0.2, 0) is 4.79 Å². The van der Waals surface area contributed by atoms with Crippen LogP contribution >= 0.6 is 0 Å². The lowest BCUT2D eigenvalue weighted by molar-refractivity contribution is -0.384. The van der Waals surface area contributed by atoms with E-state index in [0.29, 0.717) is 22.8 Å². The molecule has 0 spiro atoms. The molecule has 2 heterocycles. The van der Waals surface area contributed by atoms with Crippen molar-refractivity contribution in [2.24, 2.45) is 0 Å². The van der Waals surface area contributed by atoms with E-state index < -0.39 is 11.0 Å². The van der Waals surface area contributed by atoms with Crippen LogP contribution in [0.4, 0.5) is 22.9 Å². The van der Waals surface area contributed by atoms with Crippen molar-refractivity contribution in [3.8, 4) is 11.3 Å². The molecule has 1 unspecified atom stereocenters. The molecule has 0 aliphatic rings. The van der Waals surface area contributed by atoms with Crippen molar-refractivity contribution in [2.45, 2.75) is 13.0 Å². The first-order chi connectivity index (χ1) is 15.5. The standard InChI is InChI=1S/C22H19N7O3/c1-15(28-14-23-13-24-28)22(30)26-18-9-7-17(8-10-18)25-20-12-11-19(29(31)32)21(27-20)16-5-3-2-4-6-16/h2-15H,1H3,(H,25,27)(H,26,30). The van der Waals surface area contributed by atoms with Crippen molar-refractivity contribution in [2.75, 3.05) is 10.6 Å². The minimum Gasteiger partial charge on any atom is -0.340 e. The molecule has 0 aliphatic carbocycles. The molecule has 0 saturated carbocycles. The van der Waals surface area contributed by atoms with Crippen LogP contribution in [-0.4, -0.2) is 30.6 Å². The highest BCUT2D eigenvalue weighted by atomic mass is 16.6. The Morgan fingerprint density at radius 3 is 2.41 bits per heavy atom. The second-order valence-electron chi connectivity index (χ2n) is 6.93. The smallest absolute Gasteiger partial charge is 0.295 e. The number of carbonyl (C=O) groups excluding carboxylic acids is 1. The highest BCUT2D eigenvalue weighted by Gasteiger charge is 2.18. The molecule has 1 amide bonds. The third-order valence-electron chi connectivity index (χ3n) is 4.76. The minimum atomic E-state index is -0.504. The maximum Gasteiger partial charge on any atom is 0.295 e. The molecule has 32 heavy (non-hydrogen) atoms. The highest BCUT2D eigenvalue weighted by molar-refractivity contribution is 5.93. The van der Waals surface area contributed by atoms with Crippen LogP contribution in [0, 0.1) is 10.1 Å². The van der Waals surface area contributed by atoms with Gasteiger partial charge in [-0.1, -0.05) is 30.3 Å². The van der Waals surface area contributed by atoms with Crippen molar-refractivity contribution in [1.29, 1.82) is 0 Å². The summed E-state index contributed by atoms with van der Waals surface area (Å²) in [6.45, 7) is 1.73. The molecule has 10 heteroatoms. The number of benzene rings is 2. The first-order valence-corrected chi connectivity index (χ1v) is 9.74. The predicted molar refractivity (Wildman–Crippen MR) is 119 cm³/mol. The van der Waals surface area contributed by atoms with Crippen LogP contribution in [0.15, 0.2) is 79.4 Å². The molecule has 10 nitrogen and oxygen atoms in total. The van der Waals surface area contributed by atoms with Gasteiger partial charge in [-0.05, 0) is 37.3 Å². The summed E-state index contributed by atoms with van der Waals surface area (Å²) in [6, 6.07) is 18.5. The zero-order valence-corrected chi connectivity index (χ0v) is 17.0. The van der Waals surface area contributed by atoms with E-state index in [9.17, 15) is 14.9 Å². The maximum atomic E-state index is 12.4. The van der Waals surface area contributed by atoms with Crippen molar-refractivity contribution in [3.05, 3.63) is 89.5 Å². The average Bonchev–Trinajstić information content (AvgIpc) is 3.35. The van der Waals surface area contributed by atoms with Crippen LogP contribution in [0.3, 0.4) is 0 Å². The molecule has 0 bridgehead atoms. The summed E-state index contributed by atoms with van der Waals surface area (Å²) >= 11 is 0. The Labute approximate surface area is 183 Å². The van der Waals surface area contributed by atoms with E-state index in [4.69, 9.17) is 0 Å². The van der Waals surface area contributed by atoms with Crippen molar-refractivity contribution in [1.82, 2.24) is 19.7 Å². The monoisotopic (exact) mass is 429 g/mol. The second-order valence-corrected chi connectivity index (χ2v) is 6.93. The van der Waals surface area contributed by atoms with Gasteiger partial charge in [-0.25, -0.2) is 14.6 Å². The van der Waals surface area contributed by atoms with E-state index in [1.807, 2.05) is 6.07 Å². The van der Waals surface area contributed by atoms with Gasteiger partial charge in [0.05, 0.1) is 4.92 Å². The van der Waals surface area contributed by atoms with Gasteiger partial charge in [0, 0.05) is 23.0 Å². The molecular formula is C22H19N7O3. The number of rotatable bonds is 7. The van der Waals surface area contributed by atoms with Gasteiger partial charge in [0.25, 0.3) is 5.69 Å². The molecule has 0 aliphatic heterocycles. The van der Waals surface area contributed by atoms with Gasteiger partial charge >= 0.3 is 0 Å². The third kappa shape index (κ3) is 4.59. The van der Waals surface area contributed by atoms with Gasteiger partial charge in [0.1, 0.15) is 24.5 Å². The molecule has 160 valence electrons. The molecule has 4 rings (SSSR count). The Hall–Kier alpha value is -4.60. The first-order valence-electron chi connectivity index (χ1n) is 9.74. The van der Waals surface area contributed by atoms with Gasteiger partial charge < -0.3 is 10.6 Å². The van der Waals surface area contributed by atoms with Gasteiger partial charge in [-0.2, -0.15) is 5.10 Å². The Morgan fingerprint density at radius 2 is 1.75 bits per heavy atom. The molecule has 2 aromatic heterocycles. The van der Waals surface area contributed by atoms with Crippen molar-refractivity contribution in [3.63, 3.8) is 0 Å². The maximum absolute atomic E-state index is 12.4. The predicted octanol–water partition coefficient (Wildman–Crippen LogP) is 4.19. The highest BCUT2D eigenvalue weighted by Crippen LogP contribution is 2.30. The number of anilines is 3. The van der Waals surface area contributed by atoms with Crippen LogP contribution in [0.1, 0.15) is 13.0 Å². The Balaban J connectivity index is 1.49. The zero-order chi connectivity index (χ0) is 22.5. The van der Waals surface area contributed by atoms with Crippen LogP contribution in [0.25, 0.3) is 11.3 Å². The fourth-order valence-corrected chi connectivity index (χ4v) is 3.05. The summed E-state index contributed by atoms with van der Waals surface area (Å²) in [7, 11) is 0. The van der Waals surface area contributed by atoms with E-state index in [1.165, 1.54) is 23.4 Å². The third-order valence-corrected chi connectivity index (χ3v) is 4.76. The number of carbonyl (C=O) groups is 1. The van der Waals surface area contributed by atoms with Gasteiger partial charge in [0.15, 0.2) is 5.69 Å². The summed E-state index contributed by atoms with van der Waals surface area (Å²) in [5.41, 5.74) is 2.21. The number of amides is 1. The van der Waals surface area contributed by atoms with E-state index in [-0.39, 0.29) is 17.3 Å². The van der Waals surface area contributed by atoms with E-state index in [0.717, 1.165) is 0 Å². The van der Waals surface area contributed by atoms with Gasteiger partial charge in [-0.15, -0.1) is 0 Å². The van der Waals surface area contributed by atoms with Crippen LogP contribution in [0.5, 0.6) is 0 Å². The summed E-state index contributed by atoms with van der Waals surface area (Å²) in [5, 5.41) is 21.3. The van der Waals surface area contributed by atoms with Gasteiger partial charge in [0.2, 0.25) is 5.91 Å². The molecule has 2 aromatic carbocycles. The number of hydrogen-bond donors (Lipinski definition) is 2. The molecule has 2 N–H and O–H groups in total. The zero-order valence-electron chi connectivity index (χ0n) is 17.0. The lowest BCUT2D eigenvalue weighted by Gasteiger charge is -2.13. The van der Waals surface area contributed by atoms with Gasteiger partial charge in [-0.3, -0.25) is 14.9 Å². The Kier molecular flexibility index (Phi) is 5.84. The Bertz CT molecular complexity index is 1230. The summed E-state index contributed by atoms with van der Waals surface area (Å²) in [5.74, 6) is 0.242. The Morgan fingerprint density at radius 1 is 1.03 bits per heavy atom. The summed E-state index contributed by atoms with van der Waals surface area (Å²) in [6.07, 6.45) is 2.86. The van der Waals surface area contributed by atoms with E-state index in [1.54, 1.807) is 61.5 Å². The molecular weight excluding hydrogens is 410 g/mol. The van der Waals surface area contributed by atoms with E-state index >= 15 is 0 Å². The summed E-state index contributed by atoms with van der Waals surface area (Å²) in [4.78, 5) is 31.6. The van der Waals surface area contributed by atoms with Crippen molar-refractivity contribution < 1.29 is 9.72 Å². The topological polar surface area (TPSA) is 128 Å². The molecule has 1 atom stereocenters. The SMILES string of the molecule is CC(C(=O)Nc1ccc(Nc2ccc([N+](=O)[O-])c(-c3ccccc3)n2)cc1)n1cncn1. The fraction of sp³-hybridized carbons (Fsp3) is 0.0909. The lowest BCUT2D eigenvalue weighted by Crippen LogP contribution is -2.23. The number of nitrogens with zero attached hydrogens (tertiary/aromatic N) is 5. The molecule has 0 fully saturated rings. The second kappa shape index (κ2) is 9.04. The number of hydrogen-bond acceptors (Lipinski definition) is 7. The first kappa shape index (κ1) is 20.7. The number of aromatic nitrogens is 4. The fourth-order valence-electron chi connectivity index (χ4n) is 3.05. The summed E-state index contributed by atoms with van der Waals surface area (Å²) < 4.78 is 1.47. The number of pyridine rings is 1. The number of nitrogens with one attached hydrogen (secondary N) is 2. The van der Waals surface area contributed by atoms with E-state index in [2.05, 4.69) is 25.7 Å². The minimum absolute atomic E-state index is 0.0682. The molecule has 0 radical (unpaired) electrons. The van der Waals surface area contributed by atoms with Crippen molar-refractivity contribution >= 4 is 28.8 Å². The lowest BCUT2D eigenvalue weighted by atomic mass is 10.1. The molecule has 0 saturated heterocycles. The average molecular weight is 429 g/mol. The largest absolute Gasteiger partial charge is 0.340 e.